The first kappa shape index (κ1) is 23.6. The minimum atomic E-state index is -1.06. The molecular weight excluding hydrogens is 426 g/mol. The van der Waals surface area contributed by atoms with Gasteiger partial charge in [-0.1, -0.05) is 42.5 Å². The van der Waals surface area contributed by atoms with Crippen molar-refractivity contribution in [2.75, 3.05) is 13.7 Å². The number of alkyl carbamates (subject to hydrolysis) is 1. The summed E-state index contributed by atoms with van der Waals surface area (Å²) >= 11 is 0. The smallest absolute Gasteiger partial charge is 0.414 e. The van der Waals surface area contributed by atoms with E-state index in [9.17, 15) is 19.8 Å². The van der Waals surface area contributed by atoms with Gasteiger partial charge in [0.15, 0.2) is 17.6 Å². The number of phenols is 1. The second-order valence-corrected chi connectivity index (χ2v) is 7.06. The summed E-state index contributed by atoms with van der Waals surface area (Å²) in [5, 5.41) is 22.0. The Labute approximate surface area is 191 Å². The molecule has 3 aromatic rings. The summed E-state index contributed by atoms with van der Waals surface area (Å²) in [6.07, 6.45) is -2.75. The summed E-state index contributed by atoms with van der Waals surface area (Å²) in [6, 6.07) is 21.6. The Morgan fingerprint density at radius 3 is 2.24 bits per heavy atom. The summed E-state index contributed by atoms with van der Waals surface area (Å²) in [6.45, 7) is -0.246. The number of benzene rings is 3. The lowest BCUT2D eigenvalue weighted by atomic mass is 10.0. The van der Waals surface area contributed by atoms with Crippen LogP contribution in [0.4, 0.5) is 4.79 Å². The van der Waals surface area contributed by atoms with E-state index in [0.717, 1.165) is 0 Å². The average molecular weight is 451 g/mol. The number of aromatic hydroxyl groups is 1. The predicted molar refractivity (Wildman–Crippen MR) is 120 cm³/mol. The molecule has 0 bridgehead atoms. The van der Waals surface area contributed by atoms with E-state index in [4.69, 9.17) is 14.2 Å². The van der Waals surface area contributed by atoms with Crippen LogP contribution in [0.5, 0.6) is 17.2 Å². The number of methoxy groups -OCH3 is 1. The number of aliphatic hydroxyl groups excluding tert-OH is 1. The molecule has 33 heavy (non-hydrogen) atoms. The van der Waals surface area contributed by atoms with Crippen LogP contribution < -0.4 is 14.8 Å². The Balaban J connectivity index is 1.87. The lowest BCUT2D eigenvalue weighted by molar-refractivity contribution is 0.00377. The molecule has 3 rings (SSSR count). The summed E-state index contributed by atoms with van der Waals surface area (Å²) < 4.78 is 16.7. The van der Waals surface area contributed by atoms with Crippen molar-refractivity contribution in [2.24, 2.45) is 0 Å². The molecule has 8 nitrogen and oxygen atoms in total. The van der Waals surface area contributed by atoms with Gasteiger partial charge in [-0.2, -0.15) is 0 Å². The second kappa shape index (κ2) is 11.5. The van der Waals surface area contributed by atoms with Gasteiger partial charge in [0.2, 0.25) is 0 Å². The van der Waals surface area contributed by atoms with Crippen LogP contribution >= 0.6 is 0 Å². The van der Waals surface area contributed by atoms with Crippen LogP contribution in [0.1, 0.15) is 28.4 Å². The predicted octanol–water partition coefficient (Wildman–Crippen LogP) is 3.84. The summed E-state index contributed by atoms with van der Waals surface area (Å²) in [5.74, 6) is -0.0432. The Hall–Kier alpha value is -4.04. The number of phenolic OH excluding ortho intramolecular Hbond substituents is 1. The molecule has 3 N–H and O–H groups in total. The molecule has 0 aliphatic carbocycles. The minimum absolute atomic E-state index is 0.117. The van der Waals surface area contributed by atoms with Crippen LogP contribution in [0.2, 0.25) is 0 Å². The van der Waals surface area contributed by atoms with Gasteiger partial charge in [-0.3, -0.25) is 10.1 Å². The van der Waals surface area contributed by atoms with Gasteiger partial charge in [-0.05, 0) is 36.4 Å². The van der Waals surface area contributed by atoms with Crippen molar-refractivity contribution in [3.8, 4) is 17.2 Å². The fraction of sp³-hybridized carbons (Fsp3) is 0.200. The first-order valence-electron chi connectivity index (χ1n) is 10.3. The third kappa shape index (κ3) is 6.47. The number of carbonyl (C=O) groups is 2. The van der Waals surface area contributed by atoms with Gasteiger partial charge in [-0.15, -0.1) is 0 Å². The van der Waals surface area contributed by atoms with Gasteiger partial charge < -0.3 is 24.4 Å². The van der Waals surface area contributed by atoms with E-state index < -0.39 is 24.2 Å². The van der Waals surface area contributed by atoms with E-state index in [1.807, 2.05) is 6.07 Å². The summed E-state index contributed by atoms with van der Waals surface area (Å²) in [4.78, 5) is 25.0. The molecule has 0 aromatic heterocycles. The molecular formula is C25H25NO7. The van der Waals surface area contributed by atoms with Crippen molar-refractivity contribution in [1.82, 2.24) is 5.32 Å². The molecule has 0 heterocycles. The number of hydrogen-bond acceptors (Lipinski definition) is 7. The number of rotatable bonds is 9. The van der Waals surface area contributed by atoms with Crippen molar-refractivity contribution in [1.29, 1.82) is 0 Å². The first-order valence-corrected chi connectivity index (χ1v) is 10.3. The monoisotopic (exact) mass is 451 g/mol. The lowest BCUT2D eigenvalue weighted by Crippen LogP contribution is -2.36. The highest BCUT2D eigenvalue weighted by atomic mass is 16.6. The van der Waals surface area contributed by atoms with Crippen LogP contribution in [0.3, 0.4) is 0 Å². The van der Waals surface area contributed by atoms with Gasteiger partial charge in [0.25, 0.3) is 5.91 Å². The van der Waals surface area contributed by atoms with Crippen molar-refractivity contribution < 1.29 is 34.0 Å². The van der Waals surface area contributed by atoms with Crippen LogP contribution in [-0.4, -0.2) is 42.0 Å². The molecule has 3 aromatic carbocycles. The van der Waals surface area contributed by atoms with E-state index in [-0.39, 0.29) is 24.5 Å². The summed E-state index contributed by atoms with van der Waals surface area (Å²) in [7, 11) is 1.42. The Morgan fingerprint density at radius 2 is 1.64 bits per heavy atom. The third-order valence-corrected chi connectivity index (χ3v) is 4.80. The van der Waals surface area contributed by atoms with E-state index >= 15 is 0 Å². The Morgan fingerprint density at radius 1 is 0.970 bits per heavy atom. The molecule has 8 heteroatoms. The van der Waals surface area contributed by atoms with Crippen molar-refractivity contribution >= 4 is 12.0 Å². The number of hydrogen-bond donors (Lipinski definition) is 3. The number of amides is 2. The molecule has 2 amide bonds. The van der Waals surface area contributed by atoms with Crippen LogP contribution in [0.15, 0.2) is 78.9 Å². The number of ether oxygens (including phenoxy) is 3. The van der Waals surface area contributed by atoms with Gasteiger partial charge >= 0.3 is 6.09 Å². The molecule has 0 saturated heterocycles. The topological polar surface area (TPSA) is 114 Å². The maximum atomic E-state index is 12.6. The zero-order valence-corrected chi connectivity index (χ0v) is 18.0. The van der Waals surface area contributed by atoms with Crippen molar-refractivity contribution in [3.63, 3.8) is 0 Å². The highest BCUT2D eigenvalue weighted by molar-refractivity contribution is 6.02. The maximum absolute atomic E-state index is 12.6. The fourth-order valence-corrected chi connectivity index (χ4v) is 3.21. The van der Waals surface area contributed by atoms with Crippen LogP contribution in [-0.2, 0) is 4.74 Å². The number of para-hydroxylation sites is 1. The van der Waals surface area contributed by atoms with Crippen molar-refractivity contribution in [3.05, 3.63) is 90.0 Å². The fourth-order valence-electron chi connectivity index (χ4n) is 3.21. The lowest BCUT2D eigenvalue weighted by Gasteiger charge is -2.28. The molecule has 2 atom stereocenters. The minimum Gasteiger partial charge on any atom is -0.504 e. The normalized spacial score (nSPS) is 12.3. The van der Waals surface area contributed by atoms with E-state index in [0.29, 0.717) is 16.9 Å². The van der Waals surface area contributed by atoms with Gasteiger partial charge in [0.05, 0.1) is 7.11 Å². The molecule has 0 unspecified atom stereocenters. The van der Waals surface area contributed by atoms with Gasteiger partial charge in [-0.25, -0.2) is 4.79 Å². The number of carbonyl (C=O) groups excluding carboxylic acids is 2. The maximum Gasteiger partial charge on any atom is 0.414 e. The second-order valence-electron chi connectivity index (χ2n) is 7.06. The van der Waals surface area contributed by atoms with Crippen molar-refractivity contribution in [2.45, 2.75) is 18.6 Å². The molecule has 172 valence electrons. The zero-order valence-electron chi connectivity index (χ0n) is 18.0. The highest BCUT2D eigenvalue weighted by Gasteiger charge is 2.30. The standard InChI is InChI=1S/C25H25NO7/c1-31-21-13-12-18(16-20(21)28)23(22(14-15-27)32-19-10-6-3-7-11-19)33-25(30)26-24(29)17-8-4-2-5-9-17/h2-13,16,22-23,27-28H,14-15H2,1H3,(H,26,29,30)/t22-,23-/m1/s1. The highest BCUT2D eigenvalue weighted by Crippen LogP contribution is 2.34. The van der Waals surface area contributed by atoms with Crippen LogP contribution in [0, 0.1) is 0 Å². The molecule has 0 aliphatic heterocycles. The first-order chi connectivity index (χ1) is 16.0. The number of imide groups is 1. The molecule has 0 aliphatic rings. The van der Waals surface area contributed by atoms with E-state index in [1.165, 1.54) is 19.2 Å². The Bertz CT molecular complexity index is 1060. The van der Waals surface area contributed by atoms with E-state index in [2.05, 4.69) is 5.32 Å². The quantitative estimate of drug-likeness (QED) is 0.453. The third-order valence-electron chi connectivity index (χ3n) is 4.80. The SMILES string of the molecule is COc1ccc([C@@H](OC(=O)NC(=O)c2ccccc2)[C@@H](CCO)Oc2ccccc2)cc1O. The number of aliphatic hydroxyl groups is 1. The molecule has 0 fully saturated rings. The molecule has 0 saturated carbocycles. The number of nitrogens with one attached hydrogen (secondary N) is 1. The van der Waals surface area contributed by atoms with Crippen LogP contribution in [0.25, 0.3) is 0 Å². The Kier molecular flexibility index (Phi) is 8.26. The van der Waals surface area contributed by atoms with E-state index in [1.54, 1.807) is 60.7 Å². The molecule has 0 spiro atoms. The van der Waals surface area contributed by atoms with Gasteiger partial charge in [0.1, 0.15) is 11.9 Å². The molecule has 0 radical (unpaired) electrons. The zero-order chi connectivity index (χ0) is 23.6. The largest absolute Gasteiger partial charge is 0.504 e. The van der Waals surface area contributed by atoms with Gasteiger partial charge in [0, 0.05) is 24.2 Å². The summed E-state index contributed by atoms with van der Waals surface area (Å²) in [5.41, 5.74) is 0.686. The average Bonchev–Trinajstić information content (AvgIpc) is 2.83.